The molecule has 100 valence electrons. The lowest BCUT2D eigenvalue weighted by atomic mass is 10.00. The molecule has 0 amide bonds. The van der Waals surface area contributed by atoms with E-state index in [0.717, 1.165) is 12.5 Å². The van der Waals surface area contributed by atoms with Crippen LogP contribution in [0.5, 0.6) is 0 Å². The van der Waals surface area contributed by atoms with E-state index in [2.05, 4.69) is 10.2 Å². The summed E-state index contributed by atoms with van der Waals surface area (Å²) in [6.45, 7) is 3.40. The van der Waals surface area contributed by atoms with Gasteiger partial charge in [-0.05, 0) is 24.5 Å². The number of hydrogen-bond acceptors (Lipinski definition) is 3. The van der Waals surface area contributed by atoms with Crippen molar-refractivity contribution in [3.8, 4) is 0 Å². The molecule has 1 aliphatic rings. The van der Waals surface area contributed by atoms with Gasteiger partial charge in [0.1, 0.15) is 0 Å². The quantitative estimate of drug-likeness (QED) is 0.740. The van der Waals surface area contributed by atoms with Crippen molar-refractivity contribution in [3.63, 3.8) is 0 Å². The van der Waals surface area contributed by atoms with Crippen LogP contribution in [-0.4, -0.2) is 28.7 Å². The monoisotopic (exact) mass is 279 g/mol. The number of halogens is 4. The second kappa shape index (κ2) is 4.91. The Morgan fingerprint density at radius 3 is 2.56 bits per heavy atom. The van der Waals surface area contributed by atoms with Crippen LogP contribution in [0.1, 0.15) is 19.0 Å². The molecular weight excluding hydrogens is 267 g/mol. The molecule has 1 aromatic heterocycles. The Morgan fingerprint density at radius 2 is 2.06 bits per heavy atom. The highest BCUT2D eigenvalue weighted by atomic mass is 35.5. The minimum absolute atomic E-state index is 0.114. The molecule has 1 saturated heterocycles. The van der Waals surface area contributed by atoms with Crippen LogP contribution in [0.4, 0.5) is 19.0 Å². The number of anilines is 1. The molecule has 1 fully saturated rings. The zero-order valence-electron chi connectivity index (χ0n) is 9.78. The Labute approximate surface area is 108 Å². The number of nitrogens with zero attached hydrogens (tertiary/aromatic N) is 3. The summed E-state index contributed by atoms with van der Waals surface area (Å²) in [5, 5.41) is 6.98. The van der Waals surface area contributed by atoms with Gasteiger partial charge >= 0.3 is 6.18 Å². The molecule has 0 aromatic carbocycles. The summed E-state index contributed by atoms with van der Waals surface area (Å²) in [5.74, 6) is 0.753. The smallest absolute Gasteiger partial charge is 0.355 e. The van der Waals surface area contributed by atoms with Gasteiger partial charge in [-0.2, -0.15) is 13.2 Å². The van der Waals surface area contributed by atoms with Gasteiger partial charge in [-0.3, -0.25) is 0 Å². The summed E-state index contributed by atoms with van der Waals surface area (Å²) in [4.78, 5) is 1.91. The summed E-state index contributed by atoms with van der Waals surface area (Å²) >= 11 is 6.09. The summed E-state index contributed by atoms with van der Waals surface area (Å²) in [6, 6.07) is 2.32. The molecule has 0 saturated carbocycles. The normalized spacial score (nSPS) is 25.3. The van der Waals surface area contributed by atoms with Crippen LogP contribution in [0.3, 0.4) is 0 Å². The van der Waals surface area contributed by atoms with E-state index >= 15 is 0 Å². The van der Waals surface area contributed by atoms with E-state index in [0.29, 0.717) is 18.9 Å². The van der Waals surface area contributed by atoms with E-state index in [9.17, 15) is 13.2 Å². The van der Waals surface area contributed by atoms with Crippen LogP contribution in [-0.2, 0) is 6.18 Å². The Morgan fingerprint density at radius 1 is 1.33 bits per heavy atom. The Hall–Kier alpha value is -1.04. The molecule has 0 bridgehead atoms. The van der Waals surface area contributed by atoms with Gasteiger partial charge in [0.25, 0.3) is 0 Å². The molecule has 0 spiro atoms. The molecule has 0 aliphatic carbocycles. The highest BCUT2D eigenvalue weighted by molar-refractivity contribution is 6.20. The summed E-state index contributed by atoms with van der Waals surface area (Å²) in [6.07, 6.45) is -3.65. The predicted molar refractivity (Wildman–Crippen MR) is 62.7 cm³/mol. The largest absolute Gasteiger partial charge is 0.435 e. The van der Waals surface area contributed by atoms with Crippen molar-refractivity contribution in [2.45, 2.75) is 24.9 Å². The first-order valence-corrected chi connectivity index (χ1v) is 6.11. The topological polar surface area (TPSA) is 29.0 Å². The molecule has 7 heteroatoms. The first-order chi connectivity index (χ1) is 8.38. The van der Waals surface area contributed by atoms with Crippen LogP contribution in [0, 0.1) is 5.92 Å². The lowest BCUT2D eigenvalue weighted by Gasteiger charge is -2.34. The second-order valence-electron chi connectivity index (χ2n) is 4.50. The van der Waals surface area contributed by atoms with Gasteiger partial charge in [-0.1, -0.05) is 6.92 Å². The molecule has 1 aromatic rings. The fraction of sp³-hybridized carbons (Fsp3) is 0.636. The maximum absolute atomic E-state index is 12.3. The fourth-order valence-corrected chi connectivity index (χ4v) is 2.15. The summed E-state index contributed by atoms with van der Waals surface area (Å²) in [7, 11) is 0. The molecule has 3 nitrogen and oxygen atoms in total. The minimum atomic E-state index is -4.44. The summed E-state index contributed by atoms with van der Waals surface area (Å²) in [5.41, 5.74) is -0.966. The minimum Gasteiger partial charge on any atom is -0.355 e. The van der Waals surface area contributed by atoms with Crippen molar-refractivity contribution in [1.82, 2.24) is 10.2 Å². The van der Waals surface area contributed by atoms with Gasteiger partial charge in [0, 0.05) is 18.5 Å². The first-order valence-electron chi connectivity index (χ1n) is 5.68. The number of alkyl halides is 4. The maximum Gasteiger partial charge on any atom is 0.435 e. The van der Waals surface area contributed by atoms with Crippen LogP contribution in [0.25, 0.3) is 0 Å². The highest BCUT2D eigenvalue weighted by Gasteiger charge is 2.33. The predicted octanol–water partition coefficient (Wildman–Crippen LogP) is 2.95. The van der Waals surface area contributed by atoms with Crippen molar-refractivity contribution in [2.24, 2.45) is 5.92 Å². The Kier molecular flexibility index (Phi) is 3.66. The van der Waals surface area contributed by atoms with Gasteiger partial charge in [-0.15, -0.1) is 21.8 Å². The van der Waals surface area contributed by atoms with Gasteiger partial charge in [0.2, 0.25) is 0 Å². The molecule has 2 unspecified atom stereocenters. The molecule has 0 radical (unpaired) electrons. The lowest BCUT2D eigenvalue weighted by molar-refractivity contribution is -0.141. The number of hydrogen-bond donors (Lipinski definition) is 0. The van der Waals surface area contributed by atoms with E-state index < -0.39 is 11.9 Å². The van der Waals surface area contributed by atoms with E-state index in [1.807, 2.05) is 11.8 Å². The van der Waals surface area contributed by atoms with Crippen molar-refractivity contribution < 1.29 is 13.2 Å². The van der Waals surface area contributed by atoms with Crippen molar-refractivity contribution in [3.05, 3.63) is 17.8 Å². The third kappa shape index (κ3) is 2.85. The molecule has 18 heavy (non-hydrogen) atoms. The van der Waals surface area contributed by atoms with Gasteiger partial charge in [0.05, 0.1) is 0 Å². The van der Waals surface area contributed by atoms with Crippen LogP contribution in [0.15, 0.2) is 12.1 Å². The molecule has 2 heterocycles. The van der Waals surface area contributed by atoms with E-state index in [4.69, 9.17) is 11.6 Å². The van der Waals surface area contributed by atoms with Gasteiger partial charge in [-0.25, -0.2) is 0 Å². The van der Waals surface area contributed by atoms with Crippen LogP contribution in [0.2, 0.25) is 0 Å². The zero-order chi connectivity index (χ0) is 13.3. The number of piperidine rings is 1. The van der Waals surface area contributed by atoms with Crippen molar-refractivity contribution in [2.75, 3.05) is 18.0 Å². The highest BCUT2D eigenvalue weighted by Crippen LogP contribution is 2.29. The van der Waals surface area contributed by atoms with E-state index in [-0.39, 0.29) is 11.3 Å². The van der Waals surface area contributed by atoms with E-state index in [1.54, 1.807) is 0 Å². The third-order valence-corrected chi connectivity index (χ3v) is 3.71. The van der Waals surface area contributed by atoms with Crippen LogP contribution >= 0.6 is 11.6 Å². The Bertz CT molecular complexity index is 407. The first kappa shape index (κ1) is 13.4. The summed E-state index contributed by atoms with van der Waals surface area (Å²) < 4.78 is 37.0. The third-order valence-electron chi connectivity index (χ3n) is 3.07. The van der Waals surface area contributed by atoms with E-state index in [1.165, 1.54) is 6.07 Å². The fourth-order valence-electron chi connectivity index (χ4n) is 1.97. The standard InChI is InChI=1S/C11H13ClF3N3/c1-7-6-18(5-4-8(7)12)10-3-2-9(16-17-10)11(13,14)15/h2-3,7-8H,4-6H2,1H3. The second-order valence-corrected chi connectivity index (χ2v) is 5.06. The molecular formula is C11H13ClF3N3. The molecule has 0 N–H and O–H groups in total. The van der Waals surface area contributed by atoms with Crippen LogP contribution < -0.4 is 4.90 Å². The molecule has 2 rings (SSSR count). The number of aromatic nitrogens is 2. The molecule has 2 atom stereocenters. The zero-order valence-corrected chi connectivity index (χ0v) is 10.5. The lowest BCUT2D eigenvalue weighted by Crippen LogP contribution is -2.40. The average Bonchev–Trinajstić information content (AvgIpc) is 2.32. The van der Waals surface area contributed by atoms with Crippen molar-refractivity contribution in [1.29, 1.82) is 0 Å². The van der Waals surface area contributed by atoms with Crippen molar-refractivity contribution >= 4 is 17.4 Å². The maximum atomic E-state index is 12.3. The SMILES string of the molecule is CC1CN(c2ccc(C(F)(F)F)nn2)CCC1Cl. The van der Waals surface area contributed by atoms with Gasteiger partial charge < -0.3 is 4.90 Å². The average molecular weight is 280 g/mol. The van der Waals surface area contributed by atoms with Gasteiger partial charge in [0.15, 0.2) is 11.5 Å². The molecule has 1 aliphatic heterocycles. The Balaban J connectivity index is 2.11. The number of rotatable bonds is 1.